The Morgan fingerprint density at radius 1 is 1.42 bits per heavy atom. The molecule has 1 fully saturated rings. The minimum atomic E-state index is 0.164. The molecule has 1 rings (SSSR count). The second kappa shape index (κ2) is 5.94. The molecule has 72 valence electrons. The largest absolute Gasteiger partial charge is 0.327 e. The average Bonchev–Trinajstić information content (AvgIpc) is 2.59. The molecule has 0 atom stereocenters. The van der Waals surface area contributed by atoms with E-state index in [-0.39, 0.29) is 9.68 Å². The molecule has 1 saturated carbocycles. The fourth-order valence-corrected chi connectivity index (χ4v) is 4.95. The van der Waals surface area contributed by atoms with Gasteiger partial charge in [-0.05, 0) is 19.4 Å². The summed E-state index contributed by atoms with van der Waals surface area (Å²) in [6, 6.07) is 4.13. The van der Waals surface area contributed by atoms with E-state index in [1.807, 2.05) is 0 Å². The van der Waals surface area contributed by atoms with Crippen molar-refractivity contribution in [2.24, 2.45) is 0 Å². The zero-order valence-electron chi connectivity index (χ0n) is 8.68. The van der Waals surface area contributed by atoms with E-state index in [1.165, 1.54) is 48.5 Å². The third-order valence-corrected chi connectivity index (χ3v) is 7.73. The van der Waals surface area contributed by atoms with Crippen molar-refractivity contribution in [2.75, 3.05) is 6.54 Å². The summed E-state index contributed by atoms with van der Waals surface area (Å²) in [4.78, 5) is 0. The van der Waals surface area contributed by atoms with Gasteiger partial charge in [-0.2, -0.15) is 0 Å². The molecule has 0 heterocycles. The van der Waals surface area contributed by atoms with Crippen LogP contribution >= 0.6 is 0 Å². The molecular weight excluding hydrogens is 178 g/mol. The molecule has 0 saturated heterocycles. The Kier molecular flexibility index (Phi) is 5.19. The SMILES string of the molecule is CCN([SiH2]CC[SiH3])C1CCCC1. The molecule has 0 aliphatic heterocycles. The maximum Gasteiger partial charge on any atom is 0.0950 e. The Morgan fingerprint density at radius 2 is 2.08 bits per heavy atom. The van der Waals surface area contributed by atoms with Gasteiger partial charge in [0.15, 0.2) is 0 Å². The van der Waals surface area contributed by atoms with E-state index in [4.69, 9.17) is 0 Å². The van der Waals surface area contributed by atoms with Gasteiger partial charge in [0.2, 0.25) is 0 Å². The van der Waals surface area contributed by atoms with Crippen LogP contribution in [0.2, 0.25) is 12.1 Å². The van der Waals surface area contributed by atoms with Gasteiger partial charge in [-0.15, -0.1) is 0 Å². The molecule has 0 N–H and O–H groups in total. The van der Waals surface area contributed by atoms with Gasteiger partial charge in [0.25, 0.3) is 0 Å². The van der Waals surface area contributed by atoms with E-state index < -0.39 is 0 Å². The zero-order chi connectivity index (χ0) is 8.81. The van der Waals surface area contributed by atoms with Crippen molar-refractivity contribution in [3.63, 3.8) is 0 Å². The van der Waals surface area contributed by atoms with Crippen LogP contribution in [0.1, 0.15) is 32.6 Å². The molecule has 0 bridgehead atoms. The second-order valence-corrected chi connectivity index (χ2v) is 6.89. The molecule has 3 heteroatoms. The fraction of sp³-hybridized carbons (Fsp3) is 1.00. The fourth-order valence-electron chi connectivity index (χ4n) is 2.23. The summed E-state index contributed by atoms with van der Waals surface area (Å²) in [5, 5.41) is 0. The summed E-state index contributed by atoms with van der Waals surface area (Å²) < 4.78 is 2.84. The molecule has 0 aromatic carbocycles. The van der Waals surface area contributed by atoms with Gasteiger partial charge in [-0.25, -0.2) is 0 Å². The lowest BCUT2D eigenvalue weighted by atomic mass is 10.2. The summed E-state index contributed by atoms with van der Waals surface area (Å²) >= 11 is 0. The predicted octanol–water partition coefficient (Wildman–Crippen LogP) is 0.537. The highest BCUT2D eigenvalue weighted by Gasteiger charge is 2.20. The first kappa shape index (κ1) is 10.5. The summed E-state index contributed by atoms with van der Waals surface area (Å²) in [6.45, 7) is 3.68. The maximum atomic E-state index is 2.84. The van der Waals surface area contributed by atoms with Crippen molar-refractivity contribution in [1.29, 1.82) is 0 Å². The molecular formula is C9H23NSi2. The lowest BCUT2D eigenvalue weighted by Gasteiger charge is -2.27. The molecule has 1 nitrogen and oxygen atoms in total. The lowest BCUT2D eigenvalue weighted by Crippen LogP contribution is -2.36. The molecule has 1 aliphatic rings. The van der Waals surface area contributed by atoms with Gasteiger partial charge in [0.1, 0.15) is 0 Å². The van der Waals surface area contributed by atoms with Crippen LogP contribution in [0.4, 0.5) is 0 Å². The summed E-state index contributed by atoms with van der Waals surface area (Å²) in [5.41, 5.74) is 0. The Balaban J connectivity index is 2.22. The minimum absolute atomic E-state index is 0.164. The van der Waals surface area contributed by atoms with Crippen LogP contribution in [0.25, 0.3) is 0 Å². The first-order chi connectivity index (χ1) is 5.88. The standard InChI is InChI=1S/C9H23NSi2/c1-2-10(12-8-7-11)9-5-3-4-6-9/h9H,2-8,12H2,1,11H3. The van der Waals surface area contributed by atoms with Gasteiger partial charge in [-0.3, -0.25) is 0 Å². The summed E-state index contributed by atoms with van der Waals surface area (Å²) in [7, 11) is 1.58. The molecule has 0 unspecified atom stereocenters. The summed E-state index contributed by atoms with van der Waals surface area (Å²) in [5.74, 6) is 0. The second-order valence-electron chi connectivity index (χ2n) is 3.92. The van der Waals surface area contributed by atoms with Crippen molar-refractivity contribution in [3.8, 4) is 0 Å². The quantitative estimate of drug-likeness (QED) is 0.587. The van der Waals surface area contributed by atoms with E-state index in [0.717, 1.165) is 6.04 Å². The van der Waals surface area contributed by atoms with Crippen LogP contribution in [0.3, 0.4) is 0 Å². The highest BCUT2D eigenvalue weighted by Crippen LogP contribution is 2.22. The van der Waals surface area contributed by atoms with Gasteiger partial charge in [-0.1, -0.05) is 31.9 Å². The first-order valence-corrected chi connectivity index (χ1v) is 8.67. The first-order valence-electron chi connectivity index (χ1n) is 5.62. The number of hydrogen-bond acceptors (Lipinski definition) is 1. The molecule has 0 amide bonds. The van der Waals surface area contributed by atoms with E-state index in [1.54, 1.807) is 6.04 Å². The van der Waals surface area contributed by atoms with Gasteiger partial charge in [0.05, 0.1) is 9.68 Å². The Bertz CT molecular complexity index is 113. The van der Waals surface area contributed by atoms with Crippen molar-refractivity contribution in [2.45, 2.75) is 50.7 Å². The zero-order valence-corrected chi connectivity index (χ0v) is 12.1. The van der Waals surface area contributed by atoms with Gasteiger partial charge >= 0.3 is 0 Å². The van der Waals surface area contributed by atoms with E-state index in [2.05, 4.69) is 11.5 Å². The highest BCUT2D eigenvalue weighted by molar-refractivity contribution is 6.34. The van der Waals surface area contributed by atoms with Crippen molar-refractivity contribution >= 4 is 19.9 Å². The Hall–Kier alpha value is 0.394. The van der Waals surface area contributed by atoms with Crippen LogP contribution in [0.15, 0.2) is 0 Å². The minimum Gasteiger partial charge on any atom is -0.327 e. The maximum absolute atomic E-state index is 2.84. The lowest BCUT2D eigenvalue weighted by molar-refractivity contribution is 0.348. The van der Waals surface area contributed by atoms with Crippen LogP contribution in [-0.4, -0.2) is 37.1 Å². The Morgan fingerprint density at radius 3 is 2.58 bits per heavy atom. The van der Waals surface area contributed by atoms with E-state index >= 15 is 0 Å². The molecule has 1 aliphatic carbocycles. The topological polar surface area (TPSA) is 3.24 Å². The molecule has 0 spiro atoms. The Labute approximate surface area is 82.2 Å². The smallest absolute Gasteiger partial charge is 0.0950 e. The van der Waals surface area contributed by atoms with E-state index in [0.29, 0.717) is 0 Å². The van der Waals surface area contributed by atoms with Crippen LogP contribution in [0, 0.1) is 0 Å². The van der Waals surface area contributed by atoms with Crippen molar-refractivity contribution in [1.82, 2.24) is 4.57 Å². The number of rotatable bonds is 5. The predicted molar refractivity (Wildman–Crippen MR) is 62.7 cm³/mol. The van der Waals surface area contributed by atoms with Crippen molar-refractivity contribution in [3.05, 3.63) is 0 Å². The number of hydrogen-bond donors (Lipinski definition) is 0. The normalized spacial score (nSPS) is 20.5. The third kappa shape index (κ3) is 3.03. The summed E-state index contributed by atoms with van der Waals surface area (Å²) in [6.07, 6.45) is 6.00. The van der Waals surface area contributed by atoms with Crippen molar-refractivity contribution < 1.29 is 0 Å². The van der Waals surface area contributed by atoms with Crippen LogP contribution in [0.5, 0.6) is 0 Å². The third-order valence-electron chi connectivity index (χ3n) is 3.05. The van der Waals surface area contributed by atoms with E-state index in [9.17, 15) is 0 Å². The molecule has 0 radical (unpaired) electrons. The monoisotopic (exact) mass is 201 g/mol. The average molecular weight is 201 g/mol. The molecule has 0 aromatic rings. The molecule has 12 heavy (non-hydrogen) atoms. The van der Waals surface area contributed by atoms with Crippen LogP contribution < -0.4 is 0 Å². The molecule has 0 aromatic heterocycles. The van der Waals surface area contributed by atoms with Gasteiger partial charge < -0.3 is 4.57 Å². The number of nitrogens with zero attached hydrogens (tertiary/aromatic N) is 1. The van der Waals surface area contributed by atoms with Gasteiger partial charge in [0, 0.05) is 16.3 Å². The highest BCUT2D eigenvalue weighted by atomic mass is 28.2. The van der Waals surface area contributed by atoms with Crippen LogP contribution in [-0.2, 0) is 0 Å².